The van der Waals surface area contributed by atoms with Gasteiger partial charge >= 0.3 is 0 Å². The maximum atomic E-state index is 6.26. The molecular weight excluding hydrogens is 278 g/mol. The number of nitrogens with two attached hydrogens (primary N) is 1. The van der Waals surface area contributed by atoms with E-state index in [2.05, 4.69) is 41.1 Å². The van der Waals surface area contributed by atoms with Gasteiger partial charge in [-0.25, -0.2) is 0 Å². The molecule has 1 saturated heterocycles. The fraction of sp³-hybridized carbons (Fsp3) is 0.571. The first-order valence-corrected chi connectivity index (χ1v) is 7.09. The predicted molar refractivity (Wildman–Crippen MR) is 74.0 cm³/mol. The molecule has 2 nitrogen and oxygen atoms in total. The average Bonchev–Trinajstić information content (AvgIpc) is 2.82. The monoisotopic (exact) mass is 297 g/mol. The molecule has 2 rings (SSSR count). The molecule has 2 unspecified atom stereocenters. The standard InChI is InChI=1S/C14H20BrNO/c1-10-4-6-13(15)12(9-10)14(16)7-5-11-3-2-8-17-11/h4,6,9,11,14H,2-3,5,7-8,16H2,1H3. The van der Waals surface area contributed by atoms with Crippen LogP contribution in [0.3, 0.4) is 0 Å². The van der Waals surface area contributed by atoms with Gasteiger partial charge in [0, 0.05) is 17.1 Å². The van der Waals surface area contributed by atoms with E-state index >= 15 is 0 Å². The van der Waals surface area contributed by atoms with Gasteiger partial charge in [-0.3, -0.25) is 0 Å². The summed E-state index contributed by atoms with van der Waals surface area (Å²) in [6.45, 7) is 3.02. The SMILES string of the molecule is Cc1ccc(Br)c(C(N)CCC2CCCO2)c1. The summed E-state index contributed by atoms with van der Waals surface area (Å²) in [6.07, 6.45) is 4.90. The summed E-state index contributed by atoms with van der Waals surface area (Å²) in [7, 11) is 0. The molecule has 2 N–H and O–H groups in total. The van der Waals surface area contributed by atoms with Crippen LogP contribution in [0.15, 0.2) is 22.7 Å². The smallest absolute Gasteiger partial charge is 0.0576 e. The molecule has 1 aromatic carbocycles. The van der Waals surface area contributed by atoms with E-state index in [-0.39, 0.29) is 6.04 Å². The van der Waals surface area contributed by atoms with Crippen molar-refractivity contribution < 1.29 is 4.74 Å². The Hall–Kier alpha value is -0.380. The minimum atomic E-state index is 0.105. The van der Waals surface area contributed by atoms with Crippen LogP contribution in [-0.2, 0) is 4.74 Å². The Balaban J connectivity index is 1.93. The van der Waals surface area contributed by atoms with Crippen LogP contribution in [0.1, 0.15) is 42.9 Å². The molecule has 1 aliphatic rings. The zero-order valence-electron chi connectivity index (χ0n) is 10.3. The Morgan fingerprint density at radius 1 is 1.53 bits per heavy atom. The Labute approximate surface area is 112 Å². The first-order chi connectivity index (χ1) is 8.16. The molecule has 17 heavy (non-hydrogen) atoms. The van der Waals surface area contributed by atoms with E-state index < -0.39 is 0 Å². The quantitative estimate of drug-likeness (QED) is 0.919. The molecule has 0 spiro atoms. The molecule has 1 fully saturated rings. The van der Waals surface area contributed by atoms with Gasteiger partial charge in [-0.1, -0.05) is 33.6 Å². The lowest BCUT2D eigenvalue weighted by molar-refractivity contribution is 0.101. The molecule has 2 atom stereocenters. The van der Waals surface area contributed by atoms with E-state index in [1.807, 2.05) is 0 Å². The van der Waals surface area contributed by atoms with E-state index in [1.54, 1.807) is 0 Å². The Bertz CT molecular complexity index is 374. The summed E-state index contributed by atoms with van der Waals surface area (Å²) < 4.78 is 6.74. The highest BCUT2D eigenvalue weighted by Crippen LogP contribution is 2.28. The average molecular weight is 298 g/mol. The van der Waals surface area contributed by atoms with Crippen LogP contribution in [0.2, 0.25) is 0 Å². The Morgan fingerprint density at radius 2 is 2.35 bits per heavy atom. The maximum absolute atomic E-state index is 6.26. The molecule has 94 valence electrons. The molecule has 1 aromatic rings. The van der Waals surface area contributed by atoms with Crippen molar-refractivity contribution in [2.24, 2.45) is 5.73 Å². The van der Waals surface area contributed by atoms with E-state index in [0.29, 0.717) is 6.10 Å². The van der Waals surface area contributed by atoms with Crippen molar-refractivity contribution in [3.8, 4) is 0 Å². The third-order valence-corrected chi connectivity index (χ3v) is 4.10. The number of halogens is 1. The summed E-state index contributed by atoms with van der Waals surface area (Å²) in [4.78, 5) is 0. The number of benzene rings is 1. The van der Waals surface area contributed by atoms with Crippen molar-refractivity contribution in [2.75, 3.05) is 6.61 Å². The number of aryl methyl sites for hydroxylation is 1. The number of hydrogen-bond donors (Lipinski definition) is 1. The van der Waals surface area contributed by atoms with Gasteiger partial charge in [-0.2, -0.15) is 0 Å². The third-order valence-electron chi connectivity index (χ3n) is 3.37. The summed E-state index contributed by atoms with van der Waals surface area (Å²) in [6, 6.07) is 6.45. The molecule has 0 radical (unpaired) electrons. The molecule has 0 aliphatic carbocycles. The lowest BCUT2D eigenvalue weighted by atomic mass is 9.99. The molecule has 0 amide bonds. The van der Waals surface area contributed by atoms with Crippen LogP contribution in [0.5, 0.6) is 0 Å². The van der Waals surface area contributed by atoms with E-state index in [9.17, 15) is 0 Å². The van der Waals surface area contributed by atoms with Crippen LogP contribution in [0.4, 0.5) is 0 Å². The van der Waals surface area contributed by atoms with Crippen LogP contribution in [0.25, 0.3) is 0 Å². The lowest BCUT2D eigenvalue weighted by Gasteiger charge is -2.17. The third kappa shape index (κ3) is 3.54. The highest BCUT2D eigenvalue weighted by molar-refractivity contribution is 9.10. The fourth-order valence-corrected chi connectivity index (χ4v) is 2.88. The second-order valence-corrected chi connectivity index (χ2v) is 5.70. The van der Waals surface area contributed by atoms with Crippen molar-refractivity contribution in [3.05, 3.63) is 33.8 Å². The molecule has 0 bridgehead atoms. The normalized spacial score (nSPS) is 21.7. The van der Waals surface area contributed by atoms with Gasteiger partial charge in [-0.15, -0.1) is 0 Å². The van der Waals surface area contributed by atoms with Crippen molar-refractivity contribution in [1.82, 2.24) is 0 Å². The van der Waals surface area contributed by atoms with Gasteiger partial charge in [0.1, 0.15) is 0 Å². The molecule has 1 aliphatic heterocycles. The number of rotatable bonds is 4. The van der Waals surface area contributed by atoms with Gasteiger partial charge in [0.25, 0.3) is 0 Å². The summed E-state index contributed by atoms with van der Waals surface area (Å²) in [5.41, 5.74) is 8.73. The molecule has 0 saturated carbocycles. The first kappa shape index (κ1) is 13.1. The van der Waals surface area contributed by atoms with Gasteiger partial charge in [-0.05, 0) is 44.2 Å². The summed E-state index contributed by atoms with van der Waals surface area (Å²) in [5, 5.41) is 0. The Morgan fingerprint density at radius 3 is 3.06 bits per heavy atom. The minimum absolute atomic E-state index is 0.105. The summed E-state index contributed by atoms with van der Waals surface area (Å²) >= 11 is 3.57. The van der Waals surface area contributed by atoms with Crippen molar-refractivity contribution in [2.45, 2.75) is 44.8 Å². The van der Waals surface area contributed by atoms with Gasteiger partial charge < -0.3 is 10.5 Å². The van der Waals surface area contributed by atoms with Crippen LogP contribution in [0, 0.1) is 6.92 Å². The second kappa shape index (κ2) is 5.98. The van der Waals surface area contributed by atoms with Crippen LogP contribution >= 0.6 is 15.9 Å². The lowest BCUT2D eigenvalue weighted by Crippen LogP contribution is -2.15. The van der Waals surface area contributed by atoms with Crippen molar-refractivity contribution in [3.63, 3.8) is 0 Å². The van der Waals surface area contributed by atoms with Crippen molar-refractivity contribution >= 4 is 15.9 Å². The van der Waals surface area contributed by atoms with E-state index in [0.717, 1.165) is 23.9 Å². The molecule has 0 aromatic heterocycles. The van der Waals surface area contributed by atoms with Crippen LogP contribution in [-0.4, -0.2) is 12.7 Å². The topological polar surface area (TPSA) is 35.2 Å². The van der Waals surface area contributed by atoms with E-state index in [1.165, 1.54) is 24.0 Å². The fourth-order valence-electron chi connectivity index (χ4n) is 2.34. The predicted octanol–water partition coefficient (Wildman–Crippen LogP) is 3.72. The van der Waals surface area contributed by atoms with Gasteiger partial charge in [0.15, 0.2) is 0 Å². The van der Waals surface area contributed by atoms with Gasteiger partial charge in [0.05, 0.1) is 6.10 Å². The highest BCUT2D eigenvalue weighted by Gasteiger charge is 2.18. The molecule has 1 heterocycles. The number of ether oxygens (including phenoxy) is 1. The Kier molecular flexibility index (Phi) is 4.60. The van der Waals surface area contributed by atoms with Crippen molar-refractivity contribution in [1.29, 1.82) is 0 Å². The van der Waals surface area contributed by atoms with E-state index in [4.69, 9.17) is 10.5 Å². The largest absolute Gasteiger partial charge is 0.378 e. The number of hydrogen-bond acceptors (Lipinski definition) is 2. The summed E-state index contributed by atoms with van der Waals surface area (Å²) in [5.74, 6) is 0. The van der Waals surface area contributed by atoms with Gasteiger partial charge in [0.2, 0.25) is 0 Å². The molecular formula is C14H20BrNO. The zero-order chi connectivity index (χ0) is 12.3. The second-order valence-electron chi connectivity index (χ2n) is 4.84. The minimum Gasteiger partial charge on any atom is -0.378 e. The zero-order valence-corrected chi connectivity index (χ0v) is 11.9. The van der Waals surface area contributed by atoms with Crippen LogP contribution < -0.4 is 5.73 Å². The maximum Gasteiger partial charge on any atom is 0.0576 e. The highest BCUT2D eigenvalue weighted by atomic mass is 79.9. The molecule has 3 heteroatoms. The first-order valence-electron chi connectivity index (χ1n) is 6.30.